The number of aliphatic hydroxyl groups is 1. The van der Waals surface area contributed by atoms with Gasteiger partial charge in [-0.3, -0.25) is 4.99 Å². The van der Waals surface area contributed by atoms with Gasteiger partial charge in [0.05, 0.1) is 6.10 Å². The predicted molar refractivity (Wildman–Crippen MR) is 95.3 cm³/mol. The average molecular weight is 299 g/mol. The van der Waals surface area contributed by atoms with Crippen molar-refractivity contribution < 1.29 is 5.11 Å². The number of benzene rings is 1. The van der Waals surface area contributed by atoms with Crippen molar-refractivity contribution in [1.82, 2.24) is 0 Å². The van der Waals surface area contributed by atoms with Gasteiger partial charge in [0.15, 0.2) is 0 Å². The van der Waals surface area contributed by atoms with E-state index in [-0.39, 0.29) is 6.10 Å². The Labute approximate surface area is 135 Å². The van der Waals surface area contributed by atoms with E-state index in [9.17, 15) is 5.11 Å². The lowest BCUT2D eigenvalue weighted by molar-refractivity contribution is 0.0958. The topological polar surface area (TPSA) is 32.6 Å². The summed E-state index contributed by atoms with van der Waals surface area (Å²) in [6.45, 7) is 6.26. The normalized spacial score (nSPS) is 19.7. The minimum atomic E-state index is -0.163. The highest BCUT2D eigenvalue weighted by Gasteiger charge is 2.25. The minimum Gasteiger partial charge on any atom is -0.393 e. The van der Waals surface area contributed by atoms with Crippen molar-refractivity contribution in [2.45, 2.75) is 64.9 Å². The van der Waals surface area contributed by atoms with E-state index in [1.807, 2.05) is 13.1 Å². The summed E-state index contributed by atoms with van der Waals surface area (Å²) in [5.41, 5.74) is 3.75. The smallest absolute Gasteiger partial charge is 0.0574 e. The van der Waals surface area contributed by atoms with Crippen molar-refractivity contribution in [3.05, 3.63) is 41.6 Å². The molecule has 120 valence electrons. The molecule has 0 bridgehead atoms. The van der Waals surface area contributed by atoms with Gasteiger partial charge < -0.3 is 5.11 Å². The highest BCUT2D eigenvalue weighted by molar-refractivity contribution is 5.68. The number of aliphatic hydroxyl groups excluding tert-OH is 1. The van der Waals surface area contributed by atoms with Gasteiger partial charge >= 0.3 is 0 Å². The fourth-order valence-electron chi connectivity index (χ4n) is 3.57. The summed E-state index contributed by atoms with van der Waals surface area (Å²) in [5, 5.41) is 10.5. The fraction of sp³-hybridized carbons (Fsp3) is 0.550. The number of aliphatic imine (C=N–C) groups is 1. The summed E-state index contributed by atoms with van der Waals surface area (Å²) in [5.74, 6) is 0.872. The molecule has 0 amide bonds. The van der Waals surface area contributed by atoms with Crippen molar-refractivity contribution >= 4 is 11.8 Å². The standard InChI is InChI=1S/C20H29NO/c1-4-21-14-16(3)19-12-8-7-11-18(19)15(2)13-20(22)17-9-5-6-10-17/h4,7-8,11-12,14-15,17,20,22H,5-6,9-10,13H2,1-3H3/b16-14+,21-4-. The first-order chi connectivity index (χ1) is 10.6. The Morgan fingerprint density at radius 3 is 2.68 bits per heavy atom. The lowest BCUT2D eigenvalue weighted by Crippen LogP contribution is -2.20. The fourth-order valence-corrected chi connectivity index (χ4v) is 3.57. The Bertz CT molecular complexity index is 526. The average Bonchev–Trinajstić information content (AvgIpc) is 3.07. The Morgan fingerprint density at radius 2 is 2.00 bits per heavy atom. The Morgan fingerprint density at radius 1 is 1.32 bits per heavy atom. The lowest BCUT2D eigenvalue weighted by Gasteiger charge is -2.23. The van der Waals surface area contributed by atoms with Crippen molar-refractivity contribution in [1.29, 1.82) is 0 Å². The first-order valence-corrected chi connectivity index (χ1v) is 8.55. The first kappa shape index (κ1) is 17.0. The molecule has 1 aliphatic rings. The first-order valence-electron chi connectivity index (χ1n) is 8.55. The molecule has 0 heterocycles. The lowest BCUT2D eigenvalue weighted by atomic mass is 9.85. The second kappa shape index (κ2) is 8.28. The maximum absolute atomic E-state index is 10.5. The van der Waals surface area contributed by atoms with Crippen molar-refractivity contribution in [2.75, 3.05) is 0 Å². The largest absolute Gasteiger partial charge is 0.393 e. The monoisotopic (exact) mass is 299 g/mol. The number of hydrogen-bond acceptors (Lipinski definition) is 2. The summed E-state index contributed by atoms with van der Waals surface area (Å²) >= 11 is 0. The molecule has 1 aromatic carbocycles. The van der Waals surface area contributed by atoms with Crippen LogP contribution in [0.1, 0.15) is 69.9 Å². The second-order valence-corrected chi connectivity index (χ2v) is 6.56. The molecule has 2 atom stereocenters. The van der Waals surface area contributed by atoms with Crippen LogP contribution in [0.2, 0.25) is 0 Å². The third kappa shape index (κ3) is 4.30. The van der Waals surface area contributed by atoms with E-state index in [1.54, 1.807) is 6.21 Å². The van der Waals surface area contributed by atoms with E-state index in [2.05, 4.69) is 43.1 Å². The SMILES string of the molecule is C/C=N\C=C(/C)c1ccccc1C(C)CC(O)C1CCCC1. The van der Waals surface area contributed by atoms with Gasteiger partial charge in [0.25, 0.3) is 0 Å². The van der Waals surface area contributed by atoms with Crippen LogP contribution in [0.3, 0.4) is 0 Å². The van der Waals surface area contributed by atoms with Crippen LogP contribution in [0.5, 0.6) is 0 Å². The molecule has 0 radical (unpaired) electrons. The van der Waals surface area contributed by atoms with Gasteiger partial charge in [0.1, 0.15) is 0 Å². The van der Waals surface area contributed by atoms with Crippen LogP contribution >= 0.6 is 0 Å². The van der Waals surface area contributed by atoms with E-state index >= 15 is 0 Å². The minimum absolute atomic E-state index is 0.163. The van der Waals surface area contributed by atoms with Gasteiger partial charge in [-0.25, -0.2) is 0 Å². The molecule has 1 N–H and O–H groups in total. The maximum atomic E-state index is 10.5. The molecule has 1 aromatic rings. The molecule has 0 aromatic heterocycles. The van der Waals surface area contributed by atoms with Crippen LogP contribution < -0.4 is 0 Å². The van der Waals surface area contributed by atoms with Gasteiger partial charge in [-0.2, -0.15) is 0 Å². The van der Waals surface area contributed by atoms with Crippen molar-refractivity contribution in [2.24, 2.45) is 10.9 Å². The Hall–Kier alpha value is -1.41. The van der Waals surface area contributed by atoms with Gasteiger partial charge in [0, 0.05) is 12.4 Å². The highest BCUT2D eigenvalue weighted by atomic mass is 16.3. The van der Waals surface area contributed by atoms with Gasteiger partial charge in [-0.15, -0.1) is 0 Å². The van der Waals surface area contributed by atoms with Crippen LogP contribution in [0.4, 0.5) is 0 Å². The van der Waals surface area contributed by atoms with Crippen LogP contribution in [0.25, 0.3) is 5.57 Å². The zero-order valence-electron chi connectivity index (χ0n) is 14.1. The molecule has 0 saturated heterocycles. The molecule has 1 aliphatic carbocycles. The maximum Gasteiger partial charge on any atom is 0.0574 e. The molecule has 0 spiro atoms. The number of rotatable bonds is 6. The van der Waals surface area contributed by atoms with Crippen LogP contribution in [-0.2, 0) is 0 Å². The molecule has 2 nitrogen and oxygen atoms in total. The summed E-state index contributed by atoms with van der Waals surface area (Å²) in [6.07, 6.45) is 9.36. The summed E-state index contributed by atoms with van der Waals surface area (Å²) in [4.78, 5) is 4.24. The summed E-state index contributed by atoms with van der Waals surface area (Å²) in [6, 6.07) is 8.51. The number of nitrogens with zero attached hydrogens (tertiary/aromatic N) is 1. The zero-order chi connectivity index (χ0) is 15.9. The molecular weight excluding hydrogens is 270 g/mol. The molecule has 2 heteroatoms. The summed E-state index contributed by atoms with van der Waals surface area (Å²) < 4.78 is 0. The zero-order valence-corrected chi connectivity index (χ0v) is 14.1. The molecule has 22 heavy (non-hydrogen) atoms. The van der Waals surface area contributed by atoms with E-state index in [0.717, 1.165) is 6.42 Å². The Kier molecular flexibility index (Phi) is 6.38. The van der Waals surface area contributed by atoms with Crippen LogP contribution in [-0.4, -0.2) is 17.4 Å². The van der Waals surface area contributed by atoms with E-state index in [4.69, 9.17) is 0 Å². The van der Waals surface area contributed by atoms with Gasteiger partial charge in [0.2, 0.25) is 0 Å². The molecule has 1 fully saturated rings. The third-order valence-corrected chi connectivity index (χ3v) is 4.87. The van der Waals surface area contributed by atoms with Crippen LogP contribution in [0.15, 0.2) is 35.5 Å². The van der Waals surface area contributed by atoms with E-state index < -0.39 is 0 Å². The molecule has 0 aliphatic heterocycles. The molecule has 2 rings (SSSR count). The molecular formula is C20H29NO. The van der Waals surface area contributed by atoms with E-state index in [0.29, 0.717) is 11.8 Å². The number of hydrogen-bond donors (Lipinski definition) is 1. The van der Waals surface area contributed by atoms with Crippen molar-refractivity contribution in [3.63, 3.8) is 0 Å². The predicted octanol–water partition coefficient (Wildman–Crippen LogP) is 5.18. The van der Waals surface area contributed by atoms with Crippen LogP contribution in [0, 0.1) is 5.92 Å². The van der Waals surface area contributed by atoms with Gasteiger partial charge in [-0.1, -0.05) is 44.0 Å². The van der Waals surface area contributed by atoms with Gasteiger partial charge in [-0.05, 0) is 61.6 Å². The highest BCUT2D eigenvalue weighted by Crippen LogP contribution is 2.34. The van der Waals surface area contributed by atoms with Crippen molar-refractivity contribution in [3.8, 4) is 0 Å². The third-order valence-electron chi connectivity index (χ3n) is 4.87. The quantitative estimate of drug-likeness (QED) is 0.721. The number of allylic oxidation sites excluding steroid dienone is 1. The summed E-state index contributed by atoms with van der Waals surface area (Å²) in [7, 11) is 0. The Balaban J connectivity index is 2.13. The molecule has 1 saturated carbocycles. The second-order valence-electron chi connectivity index (χ2n) is 6.56. The van der Waals surface area contributed by atoms with E-state index in [1.165, 1.54) is 42.4 Å². The molecule has 2 unspecified atom stereocenters.